The summed E-state index contributed by atoms with van der Waals surface area (Å²) in [5.74, 6) is 0.0626. The van der Waals surface area contributed by atoms with E-state index in [0.717, 1.165) is 45.4 Å². The summed E-state index contributed by atoms with van der Waals surface area (Å²) in [5, 5.41) is 11.7. The van der Waals surface area contributed by atoms with Crippen molar-refractivity contribution in [3.63, 3.8) is 0 Å². The number of hydrogen-bond acceptors (Lipinski definition) is 3. The molecule has 1 aliphatic rings. The van der Waals surface area contributed by atoms with Crippen molar-refractivity contribution in [1.82, 2.24) is 20.4 Å². The number of fused-ring (bicyclic) bond motifs is 1. The summed E-state index contributed by atoms with van der Waals surface area (Å²) in [4.78, 5) is 14.7. The predicted octanol–water partition coefficient (Wildman–Crippen LogP) is 5.09. The molecule has 0 aliphatic carbocycles. The summed E-state index contributed by atoms with van der Waals surface area (Å²) in [7, 11) is 4.14. The molecule has 0 radical (unpaired) electrons. The lowest BCUT2D eigenvalue weighted by Gasteiger charge is -2.10. The SMILES string of the molecule is CN(C)Cc1ccc(/C=C/c2n[nH]c3cc(/C=C4/C(=O)NCC4c4ccccc4)ccc23)cc1. The lowest BCUT2D eigenvalue weighted by Crippen LogP contribution is -2.14. The van der Waals surface area contributed by atoms with Gasteiger partial charge in [-0.1, -0.05) is 66.7 Å². The molecule has 3 aromatic carbocycles. The van der Waals surface area contributed by atoms with Crippen LogP contribution < -0.4 is 5.32 Å². The Morgan fingerprint density at radius 2 is 1.74 bits per heavy atom. The first kappa shape index (κ1) is 21.9. The zero-order chi connectivity index (χ0) is 23.5. The zero-order valence-electron chi connectivity index (χ0n) is 19.5. The number of nitrogens with one attached hydrogen (secondary N) is 2. The number of H-pyrrole nitrogens is 1. The highest BCUT2D eigenvalue weighted by Crippen LogP contribution is 2.30. The van der Waals surface area contributed by atoms with Crippen molar-refractivity contribution in [2.75, 3.05) is 20.6 Å². The van der Waals surface area contributed by atoms with E-state index in [-0.39, 0.29) is 11.8 Å². The molecule has 1 aromatic heterocycles. The number of carbonyl (C=O) groups is 1. The van der Waals surface area contributed by atoms with Crippen LogP contribution in [0.15, 0.2) is 78.4 Å². The highest BCUT2D eigenvalue weighted by molar-refractivity contribution is 6.02. The van der Waals surface area contributed by atoms with Crippen LogP contribution in [0.5, 0.6) is 0 Å². The van der Waals surface area contributed by atoms with Gasteiger partial charge in [0.25, 0.3) is 0 Å². The molecule has 34 heavy (non-hydrogen) atoms. The Bertz CT molecular complexity index is 1360. The number of aromatic amines is 1. The largest absolute Gasteiger partial charge is 0.351 e. The van der Waals surface area contributed by atoms with Gasteiger partial charge in [-0.05, 0) is 60.6 Å². The molecule has 1 saturated heterocycles. The first-order valence-corrected chi connectivity index (χ1v) is 11.5. The Morgan fingerprint density at radius 1 is 0.971 bits per heavy atom. The van der Waals surface area contributed by atoms with Crippen molar-refractivity contribution in [2.45, 2.75) is 12.5 Å². The van der Waals surface area contributed by atoms with Gasteiger partial charge in [0.05, 0.1) is 11.2 Å². The molecule has 1 fully saturated rings. The molecular formula is C29H28N4O. The topological polar surface area (TPSA) is 61.0 Å². The number of carbonyl (C=O) groups excluding carboxylic acids is 1. The van der Waals surface area contributed by atoms with Gasteiger partial charge < -0.3 is 10.2 Å². The number of amides is 1. The number of rotatable bonds is 6. The molecule has 0 saturated carbocycles. The zero-order valence-corrected chi connectivity index (χ0v) is 19.5. The second kappa shape index (κ2) is 9.49. The van der Waals surface area contributed by atoms with Crippen molar-refractivity contribution < 1.29 is 4.79 Å². The van der Waals surface area contributed by atoms with Crippen LogP contribution in [0.1, 0.15) is 33.9 Å². The van der Waals surface area contributed by atoms with Crippen molar-refractivity contribution in [1.29, 1.82) is 0 Å². The Balaban J connectivity index is 1.37. The Kier molecular flexibility index (Phi) is 6.11. The maximum atomic E-state index is 12.5. The minimum absolute atomic E-state index is 0.00113. The van der Waals surface area contributed by atoms with E-state index in [0.29, 0.717) is 6.54 Å². The standard InChI is InChI=1S/C29H28N4O/c1-33(2)19-21-10-8-20(9-11-21)13-15-27-24-14-12-22(17-28(24)32-31-27)16-25-26(18-30-29(25)34)23-6-4-3-5-7-23/h3-17,26H,18-19H2,1-2H3,(H,30,34)(H,31,32)/b15-13+,25-16+. The number of nitrogens with zero attached hydrogens (tertiary/aromatic N) is 2. The van der Waals surface area contributed by atoms with Crippen LogP contribution in [-0.4, -0.2) is 41.6 Å². The molecule has 170 valence electrons. The van der Waals surface area contributed by atoms with Gasteiger partial charge in [0, 0.05) is 30.0 Å². The van der Waals surface area contributed by atoms with E-state index in [2.05, 4.69) is 89.1 Å². The van der Waals surface area contributed by atoms with Crippen LogP contribution in [0, 0.1) is 0 Å². The summed E-state index contributed by atoms with van der Waals surface area (Å²) in [6.45, 7) is 1.56. The molecule has 0 spiro atoms. The third kappa shape index (κ3) is 4.70. The lowest BCUT2D eigenvalue weighted by atomic mass is 9.92. The van der Waals surface area contributed by atoms with Crippen LogP contribution in [0.4, 0.5) is 0 Å². The summed E-state index contributed by atoms with van der Waals surface area (Å²) >= 11 is 0. The average molecular weight is 449 g/mol. The number of benzene rings is 3. The van der Waals surface area contributed by atoms with Crippen molar-refractivity contribution in [2.24, 2.45) is 0 Å². The third-order valence-corrected chi connectivity index (χ3v) is 6.16. The second-order valence-electron chi connectivity index (χ2n) is 9.00. The van der Waals surface area contributed by atoms with Gasteiger partial charge >= 0.3 is 0 Å². The monoisotopic (exact) mass is 448 g/mol. The summed E-state index contributed by atoms with van der Waals surface area (Å²) in [6.07, 6.45) is 6.11. The van der Waals surface area contributed by atoms with Gasteiger partial charge in [0.2, 0.25) is 5.91 Å². The van der Waals surface area contributed by atoms with Crippen molar-refractivity contribution in [3.8, 4) is 0 Å². The van der Waals surface area contributed by atoms with E-state index in [1.165, 1.54) is 5.56 Å². The fourth-order valence-electron chi connectivity index (χ4n) is 4.44. The van der Waals surface area contributed by atoms with E-state index >= 15 is 0 Å². The molecule has 1 unspecified atom stereocenters. The third-order valence-electron chi connectivity index (χ3n) is 6.16. The second-order valence-corrected chi connectivity index (χ2v) is 9.00. The first-order chi connectivity index (χ1) is 16.6. The minimum Gasteiger partial charge on any atom is -0.351 e. The van der Waals surface area contributed by atoms with Crippen LogP contribution in [0.2, 0.25) is 0 Å². The molecule has 5 nitrogen and oxygen atoms in total. The molecular weight excluding hydrogens is 420 g/mol. The number of aromatic nitrogens is 2. The normalized spacial score (nSPS) is 17.3. The first-order valence-electron chi connectivity index (χ1n) is 11.5. The molecule has 1 atom stereocenters. The van der Waals surface area contributed by atoms with Crippen LogP contribution in [-0.2, 0) is 11.3 Å². The highest BCUT2D eigenvalue weighted by atomic mass is 16.2. The highest BCUT2D eigenvalue weighted by Gasteiger charge is 2.29. The minimum atomic E-state index is -0.00113. The Hall–Kier alpha value is -3.96. The molecule has 2 N–H and O–H groups in total. The summed E-state index contributed by atoms with van der Waals surface area (Å²) in [6, 6.07) is 24.9. The summed E-state index contributed by atoms with van der Waals surface area (Å²) < 4.78 is 0. The quantitative estimate of drug-likeness (QED) is 0.404. The van der Waals surface area contributed by atoms with E-state index in [4.69, 9.17) is 0 Å². The molecule has 5 rings (SSSR count). The molecule has 2 heterocycles. The van der Waals surface area contributed by atoms with E-state index in [9.17, 15) is 4.79 Å². The fourth-order valence-corrected chi connectivity index (χ4v) is 4.44. The van der Waals surface area contributed by atoms with Gasteiger partial charge in [-0.2, -0.15) is 5.10 Å². The van der Waals surface area contributed by atoms with Crippen LogP contribution in [0.25, 0.3) is 29.1 Å². The number of hydrogen-bond donors (Lipinski definition) is 2. The van der Waals surface area contributed by atoms with Crippen LogP contribution >= 0.6 is 0 Å². The van der Waals surface area contributed by atoms with Gasteiger partial charge in [-0.25, -0.2) is 0 Å². The maximum absolute atomic E-state index is 12.5. The van der Waals surface area contributed by atoms with Gasteiger partial charge in [-0.3, -0.25) is 9.89 Å². The Labute approximate surface area is 199 Å². The average Bonchev–Trinajstić information content (AvgIpc) is 3.42. The summed E-state index contributed by atoms with van der Waals surface area (Å²) in [5.41, 5.74) is 7.20. The molecule has 0 bridgehead atoms. The van der Waals surface area contributed by atoms with E-state index < -0.39 is 0 Å². The molecule has 1 aliphatic heterocycles. The van der Waals surface area contributed by atoms with Crippen molar-refractivity contribution in [3.05, 3.63) is 106 Å². The predicted molar refractivity (Wildman–Crippen MR) is 139 cm³/mol. The molecule has 4 aromatic rings. The van der Waals surface area contributed by atoms with Crippen molar-refractivity contribution >= 4 is 35.0 Å². The maximum Gasteiger partial charge on any atom is 0.247 e. The Morgan fingerprint density at radius 3 is 2.50 bits per heavy atom. The molecule has 1 amide bonds. The lowest BCUT2D eigenvalue weighted by molar-refractivity contribution is -0.116. The van der Waals surface area contributed by atoms with Gasteiger partial charge in [0.1, 0.15) is 0 Å². The fraction of sp³-hybridized carbons (Fsp3) is 0.172. The molecule has 5 heteroatoms. The van der Waals surface area contributed by atoms with E-state index in [1.807, 2.05) is 36.4 Å². The van der Waals surface area contributed by atoms with Crippen LogP contribution in [0.3, 0.4) is 0 Å². The van der Waals surface area contributed by atoms with E-state index in [1.54, 1.807) is 0 Å². The van der Waals surface area contributed by atoms with Gasteiger partial charge in [-0.15, -0.1) is 0 Å². The smallest absolute Gasteiger partial charge is 0.247 e. The van der Waals surface area contributed by atoms with Gasteiger partial charge in [0.15, 0.2) is 0 Å².